The molecule has 2 heterocycles. The fourth-order valence-electron chi connectivity index (χ4n) is 3.62. The number of carbonyl (C=O) groups is 2. The zero-order chi connectivity index (χ0) is 21.8. The first-order valence-corrected chi connectivity index (χ1v) is 10.1. The number of nitriles is 1. The Morgan fingerprint density at radius 2 is 2.03 bits per heavy atom. The SMILES string of the molecule is N#Cc1cccc(NC(=O)COC(=O)c2ccc3c(=O)n4c(nc3c2)CCCCC4)c1. The van der Waals surface area contributed by atoms with Gasteiger partial charge in [-0.2, -0.15) is 5.26 Å². The Bertz CT molecular complexity index is 1270. The number of ether oxygens (including phenoxy) is 1. The highest BCUT2D eigenvalue weighted by atomic mass is 16.5. The molecule has 0 saturated heterocycles. The van der Waals surface area contributed by atoms with Crippen LogP contribution in [-0.4, -0.2) is 28.0 Å². The summed E-state index contributed by atoms with van der Waals surface area (Å²) in [6.45, 7) is 0.182. The van der Waals surface area contributed by atoms with Gasteiger partial charge in [-0.05, 0) is 49.2 Å². The molecule has 0 atom stereocenters. The molecule has 1 N–H and O–H groups in total. The Morgan fingerprint density at radius 1 is 1.16 bits per heavy atom. The molecule has 2 aromatic carbocycles. The van der Waals surface area contributed by atoms with Gasteiger partial charge in [-0.25, -0.2) is 9.78 Å². The maximum atomic E-state index is 12.8. The first kappa shape index (κ1) is 20.3. The second kappa shape index (κ2) is 8.79. The molecule has 156 valence electrons. The van der Waals surface area contributed by atoms with Gasteiger partial charge in [0.25, 0.3) is 11.5 Å². The lowest BCUT2D eigenvalue weighted by Crippen LogP contribution is -2.25. The van der Waals surface area contributed by atoms with Crippen molar-refractivity contribution in [3.63, 3.8) is 0 Å². The van der Waals surface area contributed by atoms with Gasteiger partial charge in [0.2, 0.25) is 0 Å². The molecule has 0 saturated carbocycles. The highest BCUT2D eigenvalue weighted by Crippen LogP contribution is 2.17. The van der Waals surface area contributed by atoms with Gasteiger partial charge in [0, 0.05) is 18.7 Å². The summed E-state index contributed by atoms with van der Waals surface area (Å²) in [6.07, 6.45) is 3.71. The maximum Gasteiger partial charge on any atom is 0.338 e. The minimum Gasteiger partial charge on any atom is -0.452 e. The fraction of sp³-hybridized carbons (Fsp3) is 0.261. The minimum absolute atomic E-state index is 0.0965. The quantitative estimate of drug-likeness (QED) is 0.654. The Kier molecular flexibility index (Phi) is 5.76. The van der Waals surface area contributed by atoms with Crippen LogP contribution in [0.1, 0.15) is 41.0 Å². The second-order valence-electron chi connectivity index (χ2n) is 7.34. The van der Waals surface area contributed by atoms with Crippen LogP contribution >= 0.6 is 0 Å². The Hall–Kier alpha value is -3.99. The van der Waals surface area contributed by atoms with E-state index in [1.807, 2.05) is 6.07 Å². The van der Waals surface area contributed by atoms with E-state index in [4.69, 9.17) is 10.00 Å². The van der Waals surface area contributed by atoms with Crippen molar-refractivity contribution < 1.29 is 14.3 Å². The van der Waals surface area contributed by atoms with Crippen molar-refractivity contribution in [1.29, 1.82) is 5.26 Å². The van der Waals surface area contributed by atoms with E-state index in [1.165, 1.54) is 18.2 Å². The van der Waals surface area contributed by atoms with Crippen molar-refractivity contribution in [3.8, 4) is 6.07 Å². The largest absolute Gasteiger partial charge is 0.452 e. The summed E-state index contributed by atoms with van der Waals surface area (Å²) in [5.41, 5.74) is 1.42. The number of carbonyl (C=O) groups excluding carboxylic acids is 2. The van der Waals surface area contributed by atoms with E-state index in [9.17, 15) is 14.4 Å². The predicted molar refractivity (Wildman–Crippen MR) is 114 cm³/mol. The first-order chi connectivity index (χ1) is 15.0. The van der Waals surface area contributed by atoms with Crippen LogP contribution in [0.5, 0.6) is 0 Å². The number of fused-ring (bicyclic) bond motifs is 2. The second-order valence-corrected chi connectivity index (χ2v) is 7.34. The standard InChI is InChI=1S/C23H20N4O4/c24-13-15-5-4-6-17(11-15)25-21(28)14-31-23(30)16-8-9-18-19(12-16)26-20-7-2-1-3-10-27(20)22(18)29/h4-6,8-9,11-12H,1-3,7,10,14H2,(H,25,28). The smallest absolute Gasteiger partial charge is 0.338 e. The number of nitrogens with zero attached hydrogens (tertiary/aromatic N) is 3. The van der Waals surface area contributed by atoms with E-state index in [0.717, 1.165) is 31.5 Å². The third-order valence-electron chi connectivity index (χ3n) is 5.16. The number of aryl methyl sites for hydroxylation is 1. The lowest BCUT2D eigenvalue weighted by atomic mass is 10.1. The molecule has 0 aliphatic carbocycles. The molecular formula is C23H20N4O4. The van der Waals surface area contributed by atoms with Crippen molar-refractivity contribution in [2.75, 3.05) is 11.9 Å². The third-order valence-corrected chi connectivity index (χ3v) is 5.16. The zero-order valence-corrected chi connectivity index (χ0v) is 16.8. The Labute approximate surface area is 178 Å². The molecule has 0 fully saturated rings. The molecule has 1 aliphatic rings. The van der Waals surface area contributed by atoms with Gasteiger partial charge in [0.1, 0.15) is 5.82 Å². The van der Waals surface area contributed by atoms with Gasteiger partial charge in [0.15, 0.2) is 6.61 Å². The third kappa shape index (κ3) is 4.46. The van der Waals surface area contributed by atoms with E-state index < -0.39 is 18.5 Å². The molecule has 4 rings (SSSR count). The van der Waals surface area contributed by atoms with Gasteiger partial charge in [0.05, 0.1) is 28.1 Å². The number of hydrogen-bond donors (Lipinski definition) is 1. The van der Waals surface area contributed by atoms with E-state index in [0.29, 0.717) is 28.7 Å². The fourth-order valence-corrected chi connectivity index (χ4v) is 3.62. The van der Waals surface area contributed by atoms with Gasteiger partial charge < -0.3 is 10.1 Å². The number of esters is 1. The van der Waals surface area contributed by atoms with Crippen molar-refractivity contribution in [2.45, 2.75) is 32.2 Å². The lowest BCUT2D eigenvalue weighted by molar-refractivity contribution is -0.119. The summed E-state index contributed by atoms with van der Waals surface area (Å²) in [7, 11) is 0. The van der Waals surface area contributed by atoms with Crippen LogP contribution in [0.3, 0.4) is 0 Å². The molecule has 1 aromatic heterocycles. The molecule has 1 aliphatic heterocycles. The number of aromatic nitrogens is 2. The number of nitrogens with one attached hydrogen (secondary N) is 1. The van der Waals surface area contributed by atoms with Crippen LogP contribution in [-0.2, 0) is 22.5 Å². The number of hydrogen-bond acceptors (Lipinski definition) is 6. The van der Waals surface area contributed by atoms with E-state index >= 15 is 0 Å². The number of anilines is 1. The van der Waals surface area contributed by atoms with Crippen molar-refractivity contribution >= 4 is 28.5 Å². The average molecular weight is 416 g/mol. The van der Waals surface area contributed by atoms with E-state index in [1.54, 1.807) is 28.8 Å². The van der Waals surface area contributed by atoms with Crippen molar-refractivity contribution in [1.82, 2.24) is 9.55 Å². The topological polar surface area (TPSA) is 114 Å². The summed E-state index contributed by atoms with van der Waals surface area (Å²) in [5, 5.41) is 11.9. The molecule has 0 bridgehead atoms. The number of rotatable bonds is 4. The zero-order valence-electron chi connectivity index (χ0n) is 16.8. The minimum atomic E-state index is -0.681. The summed E-state index contributed by atoms with van der Waals surface area (Å²) < 4.78 is 6.82. The van der Waals surface area contributed by atoms with Crippen molar-refractivity contribution in [3.05, 3.63) is 69.8 Å². The summed E-state index contributed by atoms with van der Waals surface area (Å²) in [5.74, 6) is -0.468. The molecule has 0 radical (unpaired) electrons. The maximum absolute atomic E-state index is 12.8. The highest BCUT2D eigenvalue weighted by Gasteiger charge is 2.16. The van der Waals surface area contributed by atoms with Crippen LogP contribution in [0, 0.1) is 11.3 Å². The van der Waals surface area contributed by atoms with E-state index in [-0.39, 0.29) is 11.1 Å². The Morgan fingerprint density at radius 3 is 2.87 bits per heavy atom. The van der Waals surface area contributed by atoms with Gasteiger partial charge >= 0.3 is 5.97 Å². The van der Waals surface area contributed by atoms with Gasteiger partial charge in [-0.3, -0.25) is 14.2 Å². The normalized spacial score (nSPS) is 13.0. The molecular weight excluding hydrogens is 396 g/mol. The average Bonchev–Trinajstić information content (AvgIpc) is 3.03. The number of amides is 1. The van der Waals surface area contributed by atoms with Crippen molar-refractivity contribution in [2.24, 2.45) is 0 Å². The molecule has 0 unspecified atom stereocenters. The molecule has 1 amide bonds. The van der Waals surface area contributed by atoms with Gasteiger partial charge in [-0.15, -0.1) is 0 Å². The lowest BCUT2D eigenvalue weighted by Gasteiger charge is -2.11. The van der Waals surface area contributed by atoms with Crippen LogP contribution in [0.4, 0.5) is 5.69 Å². The van der Waals surface area contributed by atoms with Gasteiger partial charge in [-0.1, -0.05) is 12.5 Å². The number of benzene rings is 2. The van der Waals surface area contributed by atoms with Crippen LogP contribution in [0.2, 0.25) is 0 Å². The summed E-state index contributed by atoms with van der Waals surface area (Å²) in [4.78, 5) is 41.9. The first-order valence-electron chi connectivity index (χ1n) is 10.1. The van der Waals surface area contributed by atoms with Crippen LogP contribution in [0.25, 0.3) is 10.9 Å². The predicted octanol–water partition coefficient (Wildman–Crippen LogP) is 2.79. The molecule has 8 nitrogen and oxygen atoms in total. The summed E-state index contributed by atoms with van der Waals surface area (Å²) in [6, 6.07) is 13.0. The molecule has 3 aromatic rings. The molecule has 8 heteroatoms. The summed E-state index contributed by atoms with van der Waals surface area (Å²) >= 11 is 0. The van der Waals surface area contributed by atoms with Crippen LogP contribution < -0.4 is 10.9 Å². The van der Waals surface area contributed by atoms with E-state index in [2.05, 4.69) is 10.3 Å². The molecule has 0 spiro atoms. The molecule has 31 heavy (non-hydrogen) atoms. The van der Waals surface area contributed by atoms with Crippen LogP contribution in [0.15, 0.2) is 47.3 Å². The highest BCUT2D eigenvalue weighted by molar-refractivity contribution is 5.97. The Balaban J connectivity index is 1.47. The monoisotopic (exact) mass is 416 g/mol.